The first-order valence-electron chi connectivity index (χ1n) is 8.41. The molecule has 0 aliphatic heterocycles. The van der Waals surface area contributed by atoms with Crippen LogP contribution in [-0.2, 0) is 11.0 Å². The third-order valence-corrected chi connectivity index (χ3v) is 4.57. The summed E-state index contributed by atoms with van der Waals surface area (Å²) in [6.45, 7) is 1.93. The van der Waals surface area contributed by atoms with Crippen molar-refractivity contribution in [2.24, 2.45) is 5.73 Å². The monoisotopic (exact) mass is 372 g/mol. The van der Waals surface area contributed by atoms with Crippen molar-refractivity contribution in [2.75, 3.05) is 5.32 Å². The van der Waals surface area contributed by atoms with Gasteiger partial charge in [0.1, 0.15) is 5.54 Å². The van der Waals surface area contributed by atoms with Crippen molar-refractivity contribution in [2.45, 2.75) is 25.1 Å². The van der Waals surface area contributed by atoms with Crippen LogP contribution in [0, 0.1) is 0 Å². The smallest absolute Gasteiger partial charge is 0.324 e. The van der Waals surface area contributed by atoms with Crippen LogP contribution in [-0.4, -0.2) is 11.4 Å². The van der Waals surface area contributed by atoms with E-state index in [2.05, 4.69) is 5.32 Å². The molecule has 6 heteroatoms. The summed E-state index contributed by atoms with van der Waals surface area (Å²) in [5.74, 6) is -0.556. The maximum absolute atomic E-state index is 12.9. The van der Waals surface area contributed by atoms with Gasteiger partial charge in [0.05, 0.1) is 5.56 Å². The maximum Gasteiger partial charge on any atom is 0.416 e. The molecule has 1 amide bonds. The van der Waals surface area contributed by atoms with Gasteiger partial charge in [0.2, 0.25) is 5.91 Å². The van der Waals surface area contributed by atoms with Crippen molar-refractivity contribution in [3.8, 4) is 0 Å². The molecule has 2 aromatic carbocycles. The van der Waals surface area contributed by atoms with Crippen molar-refractivity contribution in [3.63, 3.8) is 0 Å². The molecule has 27 heavy (non-hydrogen) atoms. The Bertz CT molecular complexity index is 917. The number of halogens is 3. The quantitative estimate of drug-likeness (QED) is 0.815. The molecule has 0 aromatic heterocycles. The van der Waals surface area contributed by atoms with Gasteiger partial charge in [-0.3, -0.25) is 4.79 Å². The van der Waals surface area contributed by atoms with Gasteiger partial charge in [0.15, 0.2) is 0 Å². The van der Waals surface area contributed by atoms with Gasteiger partial charge in [-0.25, -0.2) is 0 Å². The molecule has 3 nitrogen and oxygen atoms in total. The Kier molecular flexibility index (Phi) is 4.93. The molecular formula is C21H19F3N2O. The third-order valence-electron chi connectivity index (χ3n) is 4.57. The van der Waals surface area contributed by atoms with Gasteiger partial charge in [-0.2, -0.15) is 13.2 Å². The number of nitrogens with two attached hydrogens (primary N) is 1. The van der Waals surface area contributed by atoms with Crippen molar-refractivity contribution in [1.82, 2.24) is 0 Å². The van der Waals surface area contributed by atoms with Crippen LogP contribution in [0.5, 0.6) is 0 Å². The van der Waals surface area contributed by atoms with Crippen molar-refractivity contribution in [1.29, 1.82) is 0 Å². The van der Waals surface area contributed by atoms with E-state index in [1.54, 1.807) is 12.2 Å². The lowest BCUT2D eigenvalue weighted by Crippen LogP contribution is -2.50. The molecule has 2 aromatic rings. The molecule has 1 aliphatic rings. The van der Waals surface area contributed by atoms with E-state index in [0.29, 0.717) is 0 Å². The number of hydrogen-bond donors (Lipinski definition) is 2. The Morgan fingerprint density at radius 3 is 2.48 bits per heavy atom. The van der Waals surface area contributed by atoms with Gasteiger partial charge >= 0.3 is 6.18 Å². The number of alkyl halides is 3. The van der Waals surface area contributed by atoms with Crippen LogP contribution < -0.4 is 11.1 Å². The van der Waals surface area contributed by atoms with E-state index in [0.717, 1.165) is 28.8 Å². The fourth-order valence-electron chi connectivity index (χ4n) is 3.01. The van der Waals surface area contributed by atoms with Gasteiger partial charge in [-0.1, -0.05) is 48.6 Å². The summed E-state index contributed by atoms with van der Waals surface area (Å²) in [6, 6.07) is 14.1. The molecule has 0 heterocycles. The van der Waals surface area contributed by atoms with Gasteiger partial charge in [0, 0.05) is 12.1 Å². The Morgan fingerprint density at radius 2 is 1.81 bits per heavy atom. The largest absolute Gasteiger partial charge is 0.416 e. The number of carbonyl (C=O) groups is 1. The Hall–Kier alpha value is -2.86. The zero-order chi connectivity index (χ0) is 19.7. The molecule has 140 valence electrons. The first-order valence-corrected chi connectivity index (χ1v) is 8.41. The lowest BCUT2D eigenvalue weighted by Gasteiger charge is -2.30. The molecule has 3 N–H and O–H groups in total. The highest BCUT2D eigenvalue weighted by Crippen LogP contribution is 2.34. The van der Waals surface area contributed by atoms with Crippen LogP contribution in [0.4, 0.5) is 18.9 Å². The molecule has 0 radical (unpaired) electrons. The number of amides is 1. The SMILES string of the molecule is CC1=C(c2ccccc2)CC(N)(C(=O)Nc2cccc(C(F)(F)F)c2)C=C1. The van der Waals surface area contributed by atoms with Gasteiger partial charge in [-0.05, 0) is 41.8 Å². The standard InChI is InChI=1S/C21H19F3N2O/c1-14-10-11-20(25,13-18(14)15-6-3-2-4-7-15)19(27)26-17-9-5-8-16(12-17)21(22,23)24/h2-12H,13,25H2,1H3,(H,26,27). The molecule has 0 spiro atoms. The number of hydrogen-bond acceptors (Lipinski definition) is 2. The number of rotatable bonds is 3. The number of nitrogens with one attached hydrogen (secondary N) is 1. The van der Waals surface area contributed by atoms with Crippen LogP contribution in [0.1, 0.15) is 24.5 Å². The number of benzene rings is 2. The van der Waals surface area contributed by atoms with E-state index in [-0.39, 0.29) is 12.1 Å². The maximum atomic E-state index is 12.9. The summed E-state index contributed by atoms with van der Waals surface area (Å²) in [5.41, 5.74) is 7.07. The fourth-order valence-corrected chi connectivity index (χ4v) is 3.01. The average molecular weight is 372 g/mol. The van der Waals surface area contributed by atoms with E-state index in [4.69, 9.17) is 5.73 Å². The molecular weight excluding hydrogens is 353 g/mol. The molecule has 1 aliphatic carbocycles. The van der Waals surface area contributed by atoms with E-state index in [1.807, 2.05) is 37.3 Å². The second-order valence-electron chi connectivity index (χ2n) is 6.61. The van der Waals surface area contributed by atoms with Crippen molar-refractivity contribution in [3.05, 3.63) is 83.4 Å². The van der Waals surface area contributed by atoms with E-state index in [9.17, 15) is 18.0 Å². The normalized spacial score (nSPS) is 19.9. The highest BCUT2D eigenvalue weighted by Gasteiger charge is 2.36. The number of allylic oxidation sites excluding steroid dienone is 2. The highest BCUT2D eigenvalue weighted by molar-refractivity contribution is 6.01. The zero-order valence-electron chi connectivity index (χ0n) is 14.7. The summed E-state index contributed by atoms with van der Waals surface area (Å²) >= 11 is 0. The summed E-state index contributed by atoms with van der Waals surface area (Å²) in [6.07, 6.45) is -0.856. The number of carbonyl (C=O) groups excluding carboxylic acids is 1. The molecule has 3 rings (SSSR count). The lowest BCUT2D eigenvalue weighted by molar-refractivity contribution is -0.137. The molecule has 0 bridgehead atoms. The van der Waals surface area contributed by atoms with Crippen molar-refractivity contribution < 1.29 is 18.0 Å². The van der Waals surface area contributed by atoms with E-state index >= 15 is 0 Å². The highest BCUT2D eigenvalue weighted by atomic mass is 19.4. The molecule has 0 saturated carbocycles. The second kappa shape index (κ2) is 7.04. The van der Waals surface area contributed by atoms with Gasteiger partial charge < -0.3 is 11.1 Å². The minimum absolute atomic E-state index is 0.0561. The summed E-state index contributed by atoms with van der Waals surface area (Å²) in [4.78, 5) is 12.7. The first kappa shape index (κ1) is 18.9. The Morgan fingerprint density at radius 1 is 1.11 bits per heavy atom. The minimum Gasteiger partial charge on any atom is -0.324 e. The fraction of sp³-hybridized carbons (Fsp3) is 0.190. The van der Waals surface area contributed by atoms with Crippen molar-refractivity contribution >= 4 is 17.2 Å². The van der Waals surface area contributed by atoms with Crippen LogP contribution in [0.15, 0.2) is 72.3 Å². The topological polar surface area (TPSA) is 55.1 Å². The average Bonchev–Trinajstić information content (AvgIpc) is 2.64. The van der Waals surface area contributed by atoms with E-state index in [1.165, 1.54) is 12.1 Å². The first-order chi connectivity index (χ1) is 12.7. The molecule has 1 atom stereocenters. The lowest BCUT2D eigenvalue weighted by atomic mass is 9.81. The van der Waals surface area contributed by atoms with Crippen LogP contribution in [0.3, 0.4) is 0 Å². The third kappa shape index (κ3) is 4.11. The summed E-state index contributed by atoms with van der Waals surface area (Å²) in [7, 11) is 0. The molecule has 0 saturated heterocycles. The van der Waals surface area contributed by atoms with Crippen LogP contribution >= 0.6 is 0 Å². The predicted molar refractivity (Wildman–Crippen MR) is 99.8 cm³/mol. The predicted octanol–water partition coefficient (Wildman–Crippen LogP) is 4.78. The van der Waals surface area contributed by atoms with E-state index < -0.39 is 23.2 Å². The number of anilines is 1. The van der Waals surface area contributed by atoms with Crippen LogP contribution in [0.2, 0.25) is 0 Å². The minimum atomic E-state index is -4.48. The van der Waals surface area contributed by atoms with Crippen LogP contribution in [0.25, 0.3) is 5.57 Å². The summed E-state index contributed by atoms with van der Waals surface area (Å²) < 4.78 is 38.6. The van der Waals surface area contributed by atoms with Gasteiger partial charge in [-0.15, -0.1) is 0 Å². The molecule has 0 fully saturated rings. The molecule has 1 unspecified atom stereocenters. The zero-order valence-corrected chi connectivity index (χ0v) is 14.7. The Balaban J connectivity index is 1.83. The van der Waals surface area contributed by atoms with Gasteiger partial charge in [0.25, 0.3) is 0 Å². The summed E-state index contributed by atoms with van der Waals surface area (Å²) in [5, 5.41) is 2.51. The second-order valence-corrected chi connectivity index (χ2v) is 6.61. The Labute approximate surface area is 155 Å².